The molecule has 0 fully saturated rings. The van der Waals surface area contributed by atoms with Crippen LogP contribution in [0.1, 0.15) is 0 Å². The molecule has 0 bridgehead atoms. The molecule has 0 atom stereocenters. The van der Waals surface area contributed by atoms with Gasteiger partial charge >= 0.3 is 0 Å². The van der Waals surface area contributed by atoms with Gasteiger partial charge in [0.05, 0.1) is 24.9 Å². The van der Waals surface area contributed by atoms with E-state index in [1.54, 1.807) is 6.07 Å². The zero-order valence-corrected chi connectivity index (χ0v) is 18.8. The Labute approximate surface area is 192 Å². The van der Waals surface area contributed by atoms with Crippen molar-refractivity contribution in [2.45, 2.75) is 4.90 Å². The van der Waals surface area contributed by atoms with Crippen molar-refractivity contribution in [2.24, 2.45) is 0 Å². The van der Waals surface area contributed by atoms with Gasteiger partial charge in [0.1, 0.15) is 0 Å². The Morgan fingerprint density at radius 2 is 1.79 bits per heavy atom. The van der Waals surface area contributed by atoms with Gasteiger partial charge in [-0.1, -0.05) is 23.7 Å². The first-order chi connectivity index (χ1) is 15.7. The summed E-state index contributed by atoms with van der Waals surface area (Å²) in [5.41, 5.74) is 5.85. The third-order valence-electron chi connectivity index (χ3n) is 4.55. The number of nitrogens with one attached hydrogen (secondary N) is 1. The van der Waals surface area contributed by atoms with Crippen LogP contribution in [0.5, 0.6) is 11.8 Å². The maximum absolute atomic E-state index is 15.5. The lowest BCUT2D eigenvalue weighted by Gasteiger charge is -2.14. The minimum Gasteiger partial charge on any atom is -0.480 e. The van der Waals surface area contributed by atoms with Crippen LogP contribution in [0.3, 0.4) is 0 Å². The molecule has 4 aromatic rings. The minimum absolute atomic E-state index is 0.0262. The first-order valence-electron chi connectivity index (χ1n) is 9.22. The molecule has 3 N–H and O–H groups in total. The van der Waals surface area contributed by atoms with Crippen molar-refractivity contribution in [1.82, 2.24) is 19.9 Å². The van der Waals surface area contributed by atoms with Gasteiger partial charge in [0.2, 0.25) is 17.7 Å². The number of aromatic nitrogens is 4. The molecule has 0 saturated carbocycles. The van der Waals surface area contributed by atoms with Gasteiger partial charge in [0.25, 0.3) is 10.0 Å². The molecule has 13 heteroatoms. The summed E-state index contributed by atoms with van der Waals surface area (Å²) >= 11 is 5.89. The molecule has 170 valence electrons. The summed E-state index contributed by atoms with van der Waals surface area (Å²) in [6, 6.07) is 6.93. The van der Waals surface area contributed by atoms with E-state index < -0.39 is 15.8 Å². The summed E-state index contributed by atoms with van der Waals surface area (Å²) in [7, 11) is -1.67. The molecule has 0 aliphatic rings. The molecule has 0 spiro atoms. The zero-order valence-electron chi connectivity index (χ0n) is 17.2. The maximum Gasteiger partial charge on any atom is 0.267 e. The van der Waals surface area contributed by atoms with Crippen LogP contribution in [0.25, 0.3) is 22.2 Å². The van der Waals surface area contributed by atoms with Crippen LogP contribution < -0.4 is 19.9 Å². The highest BCUT2D eigenvalue weighted by Crippen LogP contribution is 2.36. The molecule has 33 heavy (non-hydrogen) atoms. The Balaban J connectivity index is 1.81. The fourth-order valence-electron chi connectivity index (χ4n) is 3.08. The molecule has 0 amide bonds. The molecular formula is C20H16ClFN6O4S. The lowest BCUT2D eigenvalue weighted by molar-refractivity contribution is 0.385. The van der Waals surface area contributed by atoms with E-state index in [0.717, 1.165) is 6.07 Å². The number of rotatable bonds is 6. The van der Waals surface area contributed by atoms with Crippen LogP contribution in [0.2, 0.25) is 5.02 Å². The lowest BCUT2D eigenvalue weighted by Crippen LogP contribution is -2.16. The number of pyridine rings is 2. The Kier molecular flexibility index (Phi) is 5.87. The van der Waals surface area contributed by atoms with Crippen molar-refractivity contribution in [2.75, 3.05) is 24.7 Å². The number of hydrogen-bond acceptors (Lipinski definition) is 9. The maximum atomic E-state index is 15.5. The van der Waals surface area contributed by atoms with E-state index in [1.807, 2.05) is 0 Å². The second kappa shape index (κ2) is 8.64. The van der Waals surface area contributed by atoms with E-state index in [-0.39, 0.29) is 50.1 Å². The number of anilines is 2. The zero-order chi connectivity index (χ0) is 23.8. The topological polar surface area (TPSA) is 142 Å². The molecule has 4 rings (SSSR count). The number of nitrogens with zero attached hydrogens (tertiary/aromatic N) is 4. The standard InChI is InChI=1S/C20H16ClFN6O4S/c1-31-18-13(6-10-8-25-20(23)27-17(10)26-18)12-4-3-5-14(16(12)22)28-33(29,30)15-7-11(21)9-24-19(15)32-2/h3-9,28H,1-2H3,(H2,23,25,26,27). The summed E-state index contributed by atoms with van der Waals surface area (Å²) in [6.45, 7) is 0. The quantitative estimate of drug-likeness (QED) is 0.416. The van der Waals surface area contributed by atoms with E-state index in [2.05, 4.69) is 24.7 Å². The van der Waals surface area contributed by atoms with Crippen LogP contribution >= 0.6 is 11.6 Å². The van der Waals surface area contributed by atoms with Gasteiger partial charge in [-0.2, -0.15) is 9.97 Å². The molecule has 3 aromatic heterocycles. The Bertz CT molecular complexity index is 1490. The van der Waals surface area contributed by atoms with Gasteiger partial charge in [0.15, 0.2) is 16.4 Å². The fourth-order valence-corrected chi connectivity index (χ4v) is 4.51. The number of nitrogens with two attached hydrogens (primary N) is 1. The number of sulfonamides is 1. The SMILES string of the molecule is COc1nc2nc(N)ncc2cc1-c1cccc(NS(=O)(=O)c2cc(Cl)cnc2OC)c1F. The number of fused-ring (bicyclic) bond motifs is 1. The Morgan fingerprint density at radius 3 is 2.52 bits per heavy atom. The molecule has 1 aromatic carbocycles. The monoisotopic (exact) mass is 490 g/mol. The summed E-state index contributed by atoms with van der Waals surface area (Å²) in [5.74, 6) is -0.951. The number of hydrogen-bond donors (Lipinski definition) is 2. The van der Waals surface area contributed by atoms with E-state index in [1.165, 1.54) is 44.8 Å². The largest absolute Gasteiger partial charge is 0.480 e. The van der Waals surface area contributed by atoms with Crippen LogP contribution in [-0.4, -0.2) is 42.6 Å². The molecule has 0 unspecified atom stereocenters. The van der Waals surface area contributed by atoms with Crippen molar-refractivity contribution in [3.8, 4) is 22.9 Å². The van der Waals surface area contributed by atoms with Crippen molar-refractivity contribution in [3.63, 3.8) is 0 Å². The van der Waals surface area contributed by atoms with Crippen LogP contribution in [0, 0.1) is 5.82 Å². The molecule has 0 aliphatic carbocycles. The summed E-state index contributed by atoms with van der Waals surface area (Å²) in [4.78, 5) is 15.7. The Hall–Kier alpha value is -3.77. The van der Waals surface area contributed by atoms with Gasteiger partial charge in [-0.3, -0.25) is 4.72 Å². The lowest BCUT2D eigenvalue weighted by atomic mass is 10.0. The van der Waals surface area contributed by atoms with Crippen LogP contribution in [0.4, 0.5) is 16.0 Å². The van der Waals surface area contributed by atoms with Gasteiger partial charge in [-0.05, 0) is 18.2 Å². The van der Waals surface area contributed by atoms with Crippen LogP contribution in [-0.2, 0) is 10.0 Å². The van der Waals surface area contributed by atoms with Crippen LogP contribution in [0.15, 0.2) is 47.6 Å². The predicted molar refractivity (Wildman–Crippen MR) is 120 cm³/mol. The highest BCUT2D eigenvalue weighted by atomic mass is 35.5. The van der Waals surface area contributed by atoms with Gasteiger partial charge in [-0.15, -0.1) is 0 Å². The number of ether oxygens (including phenoxy) is 2. The number of nitrogen functional groups attached to an aromatic ring is 1. The third-order valence-corrected chi connectivity index (χ3v) is 6.11. The van der Waals surface area contributed by atoms with Gasteiger partial charge in [-0.25, -0.2) is 22.8 Å². The second-order valence-electron chi connectivity index (χ2n) is 6.62. The molecule has 0 radical (unpaired) electrons. The normalized spacial score (nSPS) is 11.4. The molecule has 0 aliphatic heterocycles. The number of methoxy groups -OCH3 is 2. The van der Waals surface area contributed by atoms with E-state index in [0.29, 0.717) is 5.39 Å². The summed E-state index contributed by atoms with van der Waals surface area (Å²) in [6.07, 6.45) is 2.67. The average molecular weight is 491 g/mol. The summed E-state index contributed by atoms with van der Waals surface area (Å²) < 4.78 is 53.9. The fraction of sp³-hybridized carbons (Fsp3) is 0.100. The highest BCUT2D eigenvalue weighted by Gasteiger charge is 2.24. The van der Waals surface area contributed by atoms with Gasteiger partial charge < -0.3 is 15.2 Å². The van der Waals surface area contributed by atoms with Crippen molar-refractivity contribution in [1.29, 1.82) is 0 Å². The summed E-state index contributed by atoms with van der Waals surface area (Å²) in [5, 5.41) is 0.556. The average Bonchev–Trinajstić information content (AvgIpc) is 2.79. The molecule has 10 nitrogen and oxygen atoms in total. The number of benzene rings is 1. The Morgan fingerprint density at radius 1 is 1.03 bits per heavy atom. The first kappa shape index (κ1) is 22.4. The predicted octanol–water partition coefficient (Wildman–Crippen LogP) is 3.28. The highest BCUT2D eigenvalue weighted by molar-refractivity contribution is 7.92. The van der Waals surface area contributed by atoms with Crippen molar-refractivity contribution < 1.29 is 22.3 Å². The smallest absolute Gasteiger partial charge is 0.267 e. The van der Waals surface area contributed by atoms with Gasteiger partial charge in [0, 0.05) is 28.9 Å². The van der Waals surface area contributed by atoms with Crippen molar-refractivity contribution in [3.05, 3.63) is 53.6 Å². The van der Waals surface area contributed by atoms with E-state index in [9.17, 15) is 8.42 Å². The van der Waals surface area contributed by atoms with E-state index >= 15 is 4.39 Å². The molecular weight excluding hydrogens is 475 g/mol. The third kappa shape index (κ3) is 4.30. The first-order valence-corrected chi connectivity index (χ1v) is 11.1. The molecule has 3 heterocycles. The minimum atomic E-state index is -4.30. The van der Waals surface area contributed by atoms with E-state index in [4.69, 9.17) is 26.8 Å². The molecule has 0 saturated heterocycles. The van der Waals surface area contributed by atoms with Crippen molar-refractivity contribution >= 4 is 44.3 Å². The second-order valence-corrected chi connectivity index (χ2v) is 8.71. The number of halogens is 2.